The Labute approximate surface area is 122 Å². The number of fused-ring (bicyclic) bond motifs is 3. The minimum Gasteiger partial charge on any atom is -0.379 e. The highest BCUT2D eigenvalue weighted by Gasteiger charge is 2.31. The Morgan fingerprint density at radius 1 is 1.24 bits per heavy atom. The van der Waals surface area contributed by atoms with Gasteiger partial charge >= 0.3 is 0 Å². The minimum atomic E-state index is 0.205. The highest BCUT2D eigenvalue weighted by atomic mass is 16.5. The highest BCUT2D eigenvalue weighted by Crippen LogP contribution is 2.38. The number of hydrogen-bond donors (Lipinski definition) is 1. The summed E-state index contributed by atoms with van der Waals surface area (Å²) in [6.45, 7) is 0. The first-order valence-electron chi connectivity index (χ1n) is 7.33. The molecule has 5 heteroatoms. The Balaban J connectivity index is 2.03. The lowest BCUT2D eigenvalue weighted by molar-refractivity contribution is 0.0769. The molecule has 1 saturated carbocycles. The van der Waals surface area contributed by atoms with Crippen LogP contribution >= 0.6 is 0 Å². The van der Waals surface area contributed by atoms with Crippen LogP contribution in [0.3, 0.4) is 0 Å². The Hall–Kier alpha value is -2.14. The largest absolute Gasteiger partial charge is 0.379 e. The lowest BCUT2D eigenvalue weighted by Gasteiger charge is -2.22. The van der Waals surface area contributed by atoms with Crippen LogP contribution in [0.15, 0.2) is 30.5 Å². The Morgan fingerprint density at radius 2 is 2.10 bits per heavy atom. The number of methoxy groups -OCH3 is 1. The molecule has 0 spiro atoms. The molecular formula is C16H18N4O. The van der Waals surface area contributed by atoms with Crippen molar-refractivity contribution in [2.45, 2.75) is 31.4 Å². The lowest BCUT2D eigenvalue weighted by atomic mass is 10.1. The van der Waals surface area contributed by atoms with E-state index < -0.39 is 0 Å². The second-order valence-electron chi connectivity index (χ2n) is 5.62. The molecule has 0 bridgehead atoms. The highest BCUT2D eigenvalue weighted by molar-refractivity contribution is 6.03. The van der Waals surface area contributed by atoms with E-state index in [1.807, 2.05) is 18.2 Å². The van der Waals surface area contributed by atoms with Crippen molar-refractivity contribution in [2.75, 3.05) is 12.8 Å². The molecule has 4 rings (SSSR count). The summed E-state index contributed by atoms with van der Waals surface area (Å²) in [7, 11) is 1.78. The van der Waals surface area contributed by atoms with Gasteiger partial charge in [0.25, 0.3) is 0 Å². The second-order valence-corrected chi connectivity index (χ2v) is 5.62. The van der Waals surface area contributed by atoms with Gasteiger partial charge in [-0.2, -0.15) is 0 Å². The van der Waals surface area contributed by atoms with Crippen LogP contribution in [-0.4, -0.2) is 27.7 Å². The van der Waals surface area contributed by atoms with Gasteiger partial charge in [-0.05, 0) is 25.3 Å². The van der Waals surface area contributed by atoms with E-state index in [1.54, 1.807) is 13.3 Å². The van der Waals surface area contributed by atoms with Crippen LogP contribution in [0.2, 0.25) is 0 Å². The summed E-state index contributed by atoms with van der Waals surface area (Å²) in [5.41, 5.74) is 9.11. The number of ether oxygens (including phenoxy) is 1. The maximum Gasteiger partial charge on any atom is 0.201 e. The average Bonchev–Trinajstić information content (AvgIpc) is 3.09. The van der Waals surface area contributed by atoms with Gasteiger partial charge in [0.15, 0.2) is 0 Å². The molecule has 1 aromatic carbocycles. The first-order valence-corrected chi connectivity index (χ1v) is 7.33. The number of benzene rings is 1. The molecule has 0 amide bonds. The van der Waals surface area contributed by atoms with Gasteiger partial charge in [0.05, 0.1) is 29.4 Å². The zero-order valence-corrected chi connectivity index (χ0v) is 12.0. The lowest BCUT2D eigenvalue weighted by Crippen LogP contribution is -2.21. The summed E-state index contributed by atoms with van der Waals surface area (Å²) in [6.07, 6.45) is 5.32. The fourth-order valence-electron chi connectivity index (χ4n) is 3.56. The molecule has 2 heterocycles. The zero-order valence-electron chi connectivity index (χ0n) is 12.0. The Morgan fingerprint density at radius 3 is 2.95 bits per heavy atom. The number of nitrogens with two attached hydrogens (primary N) is 1. The van der Waals surface area contributed by atoms with E-state index in [0.29, 0.717) is 5.95 Å². The standard InChI is InChI=1S/C16H18N4O/c1-21-14-8-4-7-13(14)20-15-10-5-2-3-6-11(10)18-9-12(15)19-16(20)17/h2-3,5-6,9,13-14H,4,7-8H2,1H3,(H2,17,19). The molecule has 2 atom stereocenters. The monoisotopic (exact) mass is 282 g/mol. The molecule has 108 valence electrons. The summed E-state index contributed by atoms with van der Waals surface area (Å²) in [5.74, 6) is 0.553. The third-order valence-electron chi connectivity index (χ3n) is 4.50. The van der Waals surface area contributed by atoms with E-state index in [2.05, 4.69) is 20.6 Å². The summed E-state index contributed by atoms with van der Waals surface area (Å²) in [5, 5.41) is 1.10. The number of para-hydroxylation sites is 1. The zero-order chi connectivity index (χ0) is 14.4. The number of imidazole rings is 1. The first kappa shape index (κ1) is 12.6. The molecule has 1 fully saturated rings. The van der Waals surface area contributed by atoms with Crippen molar-refractivity contribution in [3.05, 3.63) is 30.5 Å². The predicted molar refractivity (Wildman–Crippen MR) is 83.1 cm³/mol. The molecule has 1 aliphatic rings. The number of nitrogens with zero attached hydrogens (tertiary/aromatic N) is 3. The van der Waals surface area contributed by atoms with Crippen molar-refractivity contribution < 1.29 is 4.74 Å². The maximum absolute atomic E-state index is 6.21. The number of anilines is 1. The fraction of sp³-hybridized carbons (Fsp3) is 0.375. The van der Waals surface area contributed by atoms with Crippen molar-refractivity contribution in [3.63, 3.8) is 0 Å². The molecular weight excluding hydrogens is 264 g/mol. The van der Waals surface area contributed by atoms with E-state index in [4.69, 9.17) is 10.5 Å². The maximum atomic E-state index is 6.21. The average molecular weight is 282 g/mol. The van der Waals surface area contributed by atoms with Crippen LogP contribution in [0.1, 0.15) is 25.3 Å². The van der Waals surface area contributed by atoms with E-state index in [9.17, 15) is 0 Å². The second kappa shape index (κ2) is 4.70. The normalized spacial score (nSPS) is 22.3. The van der Waals surface area contributed by atoms with Crippen molar-refractivity contribution in [2.24, 2.45) is 0 Å². The van der Waals surface area contributed by atoms with Crippen LogP contribution in [0.5, 0.6) is 0 Å². The molecule has 5 nitrogen and oxygen atoms in total. The molecule has 0 aliphatic heterocycles. The van der Waals surface area contributed by atoms with Crippen LogP contribution < -0.4 is 5.73 Å². The van der Waals surface area contributed by atoms with Crippen molar-refractivity contribution >= 4 is 27.9 Å². The van der Waals surface area contributed by atoms with Gasteiger partial charge in [0, 0.05) is 12.5 Å². The molecule has 3 aromatic rings. The number of pyridine rings is 1. The van der Waals surface area contributed by atoms with E-state index >= 15 is 0 Å². The van der Waals surface area contributed by atoms with Gasteiger partial charge in [0.2, 0.25) is 5.95 Å². The van der Waals surface area contributed by atoms with Gasteiger partial charge < -0.3 is 15.0 Å². The summed E-state index contributed by atoms with van der Waals surface area (Å²) in [6, 6.07) is 8.38. The SMILES string of the molecule is COC1CCCC1n1c(N)nc2cnc3ccccc3c21. The van der Waals surface area contributed by atoms with Crippen LogP contribution in [0.4, 0.5) is 5.95 Å². The van der Waals surface area contributed by atoms with E-state index in [1.165, 1.54) is 0 Å². The quantitative estimate of drug-likeness (QED) is 0.785. The fourth-order valence-corrected chi connectivity index (χ4v) is 3.56. The van der Waals surface area contributed by atoms with Crippen molar-refractivity contribution in [1.82, 2.24) is 14.5 Å². The third kappa shape index (κ3) is 1.81. The molecule has 2 aromatic heterocycles. The first-order chi connectivity index (χ1) is 10.3. The third-order valence-corrected chi connectivity index (χ3v) is 4.50. The van der Waals surface area contributed by atoms with E-state index in [-0.39, 0.29) is 12.1 Å². The number of rotatable bonds is 2. The van der Waals surface area contributed by atoms with Gasteiger partial charge in [0.1, 0.15) is 5.52 Å². The molecule has 21 heavy (non-hydrogen) atoms. The van der Waals surface area contributed by atoms with Crippen LogP contribution in [-0.2, 0) is 4.74 Å². The molecule has 1 aliphatic carbocycles. The van der Waals surface area contributed by atoms with Crippen LogP contribution in [0.25, 0.3) is 21.9 Å². The molecule has 0 saturated heterocycles. The predicted octanol–water partition coefficient (Wildman–Crippen LogP) is 2.91. The summed E-state index contributed by atoms with van der Waals surface area (Å²) in [4.78, 5) is 8.97. The number of aromatic nitrogens is 3. The van der Waals surface area contributed by atoms with Gasteiger partial charge in [-0.3, -0.25) is 4.98 Å². The topological polar surface area (TPSA) is 66.0 Å². The molecule has 2 N–H and O–H groups in total. The van der Waals surface area contributed by atoms with Crippen molar-refractivity contribution in [1.29, 1.82) is 0 Å². The molecule has 0 radical (unpaired) electrons. The summed E-state index contributed by atoms with van der Waals surface area (Å²) >= 11 is 0. The Kier molecular flexibility index (Phi) is 2.82. The van der Waals surface area contributed by atoms with Gasteiger partial charge in [-0.1, -0.05) is 18.2 Å². The summed E-state index contributed by atoms with van der Waals surface area (Å²) < 4.78 is 7.80. The number of hydrogen-bond acceptors (Lipinski definition) is 4. The van der Waals surface area contributed by atoms with Gasteiger partial charge in [-0.25, -0.2) is 4.98 Å². The van der Waals surface area contributed by atoms with Crippen molar-refractivity contribution in [3.8, 4) is 0 Å². The smallest absolute Gasteiger partial charge is 0.201 e. The van der Waals surface area contributed by atoms with Gasteiger partial charge in [-0.15, -0.1) is 0 Å². The Bertz CT molecular complexity index is 810. The number of nitrogen functional groups attached to an aromatic ring is 1. The van der Waals surface area contributed by atoms with E-state index in [0.717, 1.165) is 41.2 Å². The minimum absolute atomic E-state index is 0.205. The molecule has 2 unspecified atom stereocenters. The van der Waals surface area contributed by atoms with Crippen LogP contribution in [0, 0.1) is 0 Å².